The van der Waals surface area contributed by atoms with Gasteiger partial charge in [0, 0.05) is 24.9 Å². The summed E-state index contributed by atoms with van der Waals surface area (Å²) in [5.41, 5.74) is 0.508. The van der Waals surface area contributed by atoms with Crippen LogP contribution < -0.4 is 0 Å². The Morgan fingerprint density at radius 3 is 3.00 bits per heavy atom. The standard InChI is InChI=1S/C12H16N2O/c1-3-10(2)13-9-7-12(15)11-6-4-5-8-14-11/h4-6,8-10H,3,7H2,1-2H3. The second kappa shape index (κ2) is 6.06. The van der Waals surface area contributed by atoms with Crippen molar-refractivity contribution in [2.24, 2.45) is 4.99 Å². The van der Waals surface area contributed by atoms with E-state index in [0.717, 1.165) is 6.42 Å². The molecule has 0 fully saturated rings. The van der Waals surface area contributed by atoms with E-state index < -0.39 is 0 Å². The van der Waals surface area contributed by atoms with Gasteiger partial charge in [-0.1, -0.05) is 13.0 Å². The van der Waals surface area contributed by atoms with E-state index in [1.54, 1.807) is 24.5 Å². The molecule has 0 saturated carbocycles. The molecule has 0 spiro atoms. The molecule has 3 heteroatoms. The van der Waals surface area contributed by atoms with Crippen molar-refractivity contribution in [3.05, 3.63) is 30.1 Å². The van der Waals surface area contributed by atoms with Crippen molar-refractivity contribution in [3.63, 3.8) is 0 Å². The number of ketones is 1. The smallest absolute Gasteiger partial charge is 0.186 e. The summed E-state index contributed by atoms with van der Waals surface area (Å²) in [7, 11) is 0. The first kappa shape index (κ1) is 11.6. The number of pyridine rings is 1. The predicted molar refractivity (Wildman–Crippen MR) is 61.4 cm³/mol. The molecular formula is C12H16N2O. The van der Waals surface area contributed by atoms with Crippen LogP contribution in [-0.2, 0) is 0 Å². The zero-order valence-corrected chi connectivity index (χ0v) is 9.18. The maximum Gasteiger partial charge on any atom is 0.186 e. The summed E-state index contributed by atoms with van der Waals surface area (Å²) >= 11 is 0. The SMILES string of the molecule is CCC(C)N=CCC(=O)c1ccccn1. The van der Waals surface area contributed by atoms with Gasteiger partial charge in [0.15, 0.2) is 5.78 Å². The minimum Gasteiger partial charge on any atom is -0.294 e. The summed E-state index contributed by atoms with van der Waals surface area (Å²) in [5.74, 6) is 0.0163. The number of carbonyl (C=O) groups is 1. The van der Waals surface area contributed by atoms with E-state index in [0.29, 0.717) is 18.2 Å². The number of hydrogen-bond donors (Lipinski definition) is 0. The molecule has 0 bridgehead atoms. The molecule has 0 radical (unpaired) electrons. The fourth-order valence-electron chi connectivity index (χ4n) is 1.05. The molecule has 0 aliphatic heterocycles. The van der Waals surface area contributed by atoms with E-state index in [2.05, 4.69) is 16.9 Å². The molecule has 80 valence electrons. The number of rotatable bonds is 5. The molecule has 0 aromatic carbocycles. The average molecular weight is 204 g/mol. The summed E-state index contributed by atoms with van der Waals surface area (Å²) in [4.78, 5) is 19.8. The van der Waals surface area contributed by atoms with Crippen LogP contribution in [0, 0.1) is 0 Å². The van der Waals surface area contributed by atoms with Crippen LogP contribution >= 0.6 is 0 Å². The Labute approximate surface area is 90.3 Å². The van der Waals surface area contributed by atoms with Gasteiger partial charge >= 0.3 is 0 Å². The van der Waals surface area contributed by atoms with Gasteiger partial charge in [0.2, 0.25) is 0 Å². The molecule has 1 aromatic heterocycles. The second-order valence-corrected chi connectivity index (χ2v) is 3.43. The third-order valence-corrected chi connectivity index (χ3v) is 2.18. The van der Waals surface area contributed by atoms with Gasteiger partial charge in [-0.2, -0.15) is 0 Å². The zero-order valence-electron chi connectivity index (χ0n) is 9.18. The molecule has 0 N–H and O–H groups in total. The van der Waals surface area contributed by atoms with E-state index in [9.17, 15) is 4.79 Å². The lowest BCUT2D eigenvalue weighted by Gasteiger charge is -1.99. The molecule has 1 unspecified atom stereocenters. The van der Waals surface area contributed by atoms with Crippen molar-refractivity contribution in [2.45, 2.75) is 32.7 Å². The van der Waals surface area contributed by atoms with Gasteiger partial charge in [0.1, 0.15) is 5.69 Å². The summed E-state index contributed by atoms with van der Waals surface area (Å²) in [6.07, 6.45) is 4.64. The van der Waals surface area contributed by atoms with Crippen LogP contribution in [0.3, 0.4) is 0 Å². The second-order valence-electron chi connectivity index (χ2n) is 3.43. The largest absolute Gasteiger partial charge is 0.294 e. The number of nitrogens with zero attached hydrogens (tertiary/aromatic N) is 2. The van der Waals surface area contributed by atoms with Crippen LogP contribution in [0.25, 0.3) is 0 Å². The van der Waals surface area contributed by atoms with Gasteiger partial charge < -0.3 is 0 Å². The Morgan fingerprint density at radius 2 is 2.40 bits per heavy atom. The van der Waals surface area contributed by atoms with Gasteiger partial charge in [-0.15, -0.1) is 0 Å². The van der Waals surface area contributed by atoms with Crippen LogP contribution in [-0.4, -0.2) is 23.0 Å². The molecule has 1 aromatic rings. The van der Waals surface area contributed by atoms with Crippen LogP contribution in [0.2, 0.25) is 0 Å². The van der Waals surface area contributed by atoms with Crippen molar-refractivity contribution >= 4 is 12.0 Å². The summed E-state index contributed by atoms with van der Waals surface area (Å²) in [6.45, 7) is 4.10. The van der Waals surface area contributed by atoms with Crippen LogP contribution in [0.4, 0.5) is 0 Å². The topological polar surface area (TPSA) is 42.3 Å². The monoisotopic (exact) mass is 204 g/mol. The molecule has 3 nitrogen and oxygen atoms in total. The lowest BCUT2D eigenvalue weighted by atomic mass is 10.2. The van der Waals surface area contributed by atoms with Crippen LogP contribution in [0.5, 0.6) is 0 Å². The number of aliphatic imine (C=N–C) groups is 1. The zero-order chi connectivity index (χ0) is 11.1. The van der Waals surface area contributed by atoms with Crippen molar-refractivity contribution in [1.82, 2.24) is 4.98 Å². The van der Waals surface area contributed by atoms with Crippen molar-refractivity contribution < 1.29 is 4.79 Å². The quantitative estimate of drug-likeness (QED) is 0.546. The Balaban J connectivity index is 2.47. The molecule has 1 heterocycles. The highest BCUT2D eigenvalue weighted by molar-refractivity contribution is 6.02. The Morgan fingerprint density at radius 1 is 1.60 bits per heavy atom. The Kier molecular flexibility index (Phi) is 4.68. The highest BCUT2D eigenvalue weighted by Crippen LogP contribution is 1.99. The minimum absolute atomic E-state index is 0.0163. The summed E-state index contributed by atoms with van der Waals surface area (Å²) in [5, 5.41) is 0. The van der Waals surface area contributed by atoms with Gasteiger partial charge in [0.25, 0.3) is 0 Å². The maximum atomic E-state index is 11.6. The highest BCUT2D eigenvalue weighted by Gasteiger charge is 2.03. The van der Waals surface area contributed by atoms with E-state index in [1.807, 2.05) is 13.0 Å². The molecule has 1 atom stereocenters. The van der Waals surface area contributed by atoms with Crippen molar-refractivity contribution in [3.8, 4) is 0 Å². The number of carbonyl (C=O) groups excluding carboxylic acids is 1. The molecule has 0 saturated heterocycles. The van der Waals surface area contributed by atoms with Crippen molar-refractivity contribution in [1.29, 1.82) is 0 Å². The molecule has 0 aliphatic carbocycles. The number of aromatic nitrogens is 1. The van der Waals surface area contributed by atoms with Gasteiger partial charge in [-0.25, -0.2) is 0 Å². The lowest BCUT2D eigenvalue weighted by Crippen LogP contribution is -2.03. The van der Waals surface area contributed by atoms with E-state index >= 15 is 0 Å². The molecule has 0 aliphatic rings. The van der Waals surface area contributed by atoms with Gasteiger partial charge in [-0.05, 0) is 25.5 Å². The molecule has 1 rings (SSSR count). The number of hydrogen-bond acceptors (Lipinski definition) is 3. The third-order valence-electron chi connectivity index (χ3n) is 2.18. The predicted octanol–water partition coefficient (Wildman–Crippen LogP) is 2.52. The van der Waals surface area contributed by atoms with E-state index in [1.165, 1.54) is 0 Å². The van der Waals surface area contributed by atoms with Crippen molar-refractivity contribution in [2.75, 3.05) is 0 Å². The van der Waals surface area contributed by atoms with Crippen LogP contribution in [0.15, 0.2) is 29.4 Å². The van der Waals surface area contributed by atoms with Gasteiger partial charge in [-0.3, -0.25) is 14.8 Å². The first-order chi connectivity index (χ1) is 7.24. The third kappa shape index (κ3) is 4.02. The Hall–Kier alpha value is -1.51. The lowest BCUT2D eigenvalue weighted by molar-refractivity contribution is 0.0997. The molecule has 15 heavy (non-hydrogen) atoms. The fraction of sp³-hybridized carbons (Fsp3) is 0.417. The average Bonchev–Trinajstić information content (AvgIpc) is 2.29. The van der Waals surface area contributed by atoms with Gasteiger partial charge in [0.05, 0.1) is 0 Å². The number of Topliss-reactive ketones (excluding diaryl/α,β-unsaturated/α-hetero) is 1. The first-order valence-electron chi connectivity index (χ1n) is 5.20. The minimum atomic E-state index is 0.0163. The van der Waals surface area contributed by atoms with E-state index in [-0.39, 0.29) is 5.78 Å². The fourth-order valence-corrected chi connectivity index (χ4v) is 1.05. The Bertz CT molecular complexity index is 333. The normalized spacial score (nSPS) is 12.9. The summed E-state index contributed by atoms with van der Waals surface area (Å²) < 4.78 is 0. The molecular weight excluding hydrogens is 188 g/mol. The highest BCUT2D eigenvalue weighted by atomic mass is 16.1. The molecule has 0 amide bonds. The van der Waals surface area contributed by atoms with Crippen LogP contribution in [0.1, 0.15) is 37.2 Å². The van der Waals surface area contributed by atoms with E-state index in [4.69, 9.17) is 0 Å². The maximum absolute atomic E-state index is 11.6. The first-order valence-corrected chi connectivity index (χ1v) is 5.20. The summed E-state index contributed by atoms with van der Waals surface area (Å²) in [6, 6.07) is 5.62.